The summed E-state index contributed by atoms with van der Waals surface area (Å²) in [5, 5.41) is 2.96. The minimum absolute atomic E-state index is 0.0454. The maximum atomic E-state index is 12.4. The minimum atomic E-state index is -0.130. The monoisotopic (exact) mass is 311 g/mol. The molecule has 0 unspecified atom stereocenters. The van der Waals surface area contributed by atoms with Crippen molar-refractivity contribution in [3.63, 3.8) is 0 Å². The molecule has 0 radical (unpaired) electrons. The van der Waals surface area contributed by atoms with Crippen LogP contribution in [0, 0.1) is 0 Å². The molecular weight excluding hydrogens is 290 g/mol. The molecule has 1 aliphatic heterocycles. The van der Waals surface area contributed by atoms with E-state index in [0.29, 0.717) is 32.8 Å². The zero-order chi connectivity index (χ0) is 15.9. The Hall–Kier alpha value is -2.33. The van der Waals surface area contributed by atoms with Gasteiger partial charge in [0.2, 0.25) is 5.91 Å². The largest absolute Gasteiger partial charge is 0.493 e. The van der Waals surface area contributed by atoms with Gasteiger partial charge in [0.25, 0.3) is 0 Å². The molecule has 2 aromatic carbocycles. The number of fused-ring (bicyclic) bond motifs is 1. The van der Waals surface area contributed by atoms with Gasteiger partial charge in [0.15, 0.2) is 0 Å². The Morgan fingerprint density at radius 3 is 2.78 bits per heavy atom. The van der Waals surface area contributed by atoms with Gasteiger partial charge in [-0.15, -0.1) is 0 Å². The number of hydrogen-bond donors (Lipinski definition) is 1. The molecule has 2 aromatic rings. The van der Waals surface area contributed by atoms with Gasteiger partial charge >= 0.3 is 0 Å². The van der Waals surface area contributed by atoms with Crippen LogP contribution >= 0.6 is 0 Å². The van der Waals surface area contributed by atoms with Gasteiger partial charge in [-0.2, -0.15) is 0 Å². The Labute approximate surface area is 136 Å². The van der Waals surface area contributed by atoms with E-state index in [1.807, 2.05) is 54.6 Å². The lowest BCUT2D eigenvalue weighted by Crippen LogP contribution is -2.34. The van der Waals surface area contributed by atoms with Crippen molar-refractivity contribution in [2.45, 2.75) is 18.9 Å². The van der Waals surface area contributed by atoms with Crippen molar-refractivity contribution in [3.05, 3.63) is 65.7 Å². The topological polar surface area (TPSA) is 47.6 Å². The molecule has 0 fully saturated rings. The van der Waals surface area contributed by atoms with Gasteiger partial charge in [-0.3, -0.25) is 4.79 Å². The van der Waals surface area contributed by atoms with Gasteiger partial charge in [0.1, 0.15) is 5.75 Å². The normalized spacial score (nSPS) is 16.3. The first-order valence-corrected chi connectivity index (χ1v) is 7.96. The summed E-state index contributed by atoms with van der Waals surface area (Å²) in [7, 11) is 0. The predicted molar refractivity (Wildman–Crippen MR) is 88.4 cm³/mol. The van der Waals surface area contributed by atoms with Crippen molar-refractivity contribution >= 4 is 5.91 Å². The number of rotatable bonds is 6. The summed E-state index contributed by atoms with van der Waals surface area (Å²) in [6, 6.07) is 17.8. The summed E-state index contributed by atoms with van der Waals surface area (Å²) >= 11 is 0. The first-order valence-electron chi connectivity index (χ1n) is 7.96. The molecule has 1 N–H and O–H groups in total. The number of hydrogen-bond acceptors (Lipinski definition) is 3. The average Bonchev–Trinajstić information content (AvgIpc) is 2.61. The molecule has 1 atom stereocenters. The average molecular weight is 311 g/mol. The molecule has 1 aliphatic rings. The van der Waals surface area contributed by atoms with Crippen molar-refractivity contribution < 1.29 is 14.3 Å². The quantitative estimate of drug-likeness (QED) is 0.835. The van der Waals surface area contributed by atoms with E-state index in [9.17, 15) is 4.79 Å². The van der Waals surface area contributed by atoms with E-state index >= 15 is 0 Å². The first kappa shape index (κ1) is 15.6. The summed E-state index contributed by atoms with van der Waals surface area (Å²) in [4.78, 5) is 12.4. The zero-order valence-corrected chi connectivity index (χ0v) is 13.0. The van der Waals surface area contributed by atoms with Gasteiger partial charge in [-0.1, -0.05) is 48.5 Å². The molecule has 1 heterocycles. The van der Waals surface area contributed by atoms with Crippen molar-refractivity contribution in [1.82, 2.24) is 5.32 Å². The molecular formula is C19H21NO3. The van der Waals surface area contributed by atoms with Crippen LogP contribution in [0.5, 0.6) is 5.75 Å². The summed E-state index contributed by atoms with van der Waals surface area (Å²) in [6.07, 6.45) is 0.716. The summed E-state index contributed by atoms with van der Waals surface area (Å²) in [5.74, 6) is 0.734. The van der Waals surface area contributed by atoms with Crippen LogP contribution in [0.25, 0.3) is 0 Å². The molecule has 4 nitrogen and oxygen atoms in total. The van der Waals surface area contributed by atoms with Crippen LogP contribution in [0.15, 0.2) is 54.6 Å². The van der Waals surface area contributed by atoms with Crippen LogP contribution in [-0.2, 0) is 16.1 Å². The molecule has 0 aromatic heterocycles. The van der Waals surface area contributed by atoms with Crippen molar-refractivity contribution in [2.24, 2.45) is 0 Å². The molecule has 120 valence electrons. The fraction of sp³-hybridized carbons (Fsp3) is 0.316. The van der Waals surface area contributed by atoms with E-state index in [0.717, 1.165) is 16.9 Å². The molecule has 0 bridgehead atoms. The third kappa shape index (κ3) is 4.11. The number of para-hydroxylation sites is 1. The zero-order valence-electron chi connectivity index (χ0n) is 13.0. The van der Waals surface area contributed by atoms with E-state index in [1.54, 1.807) is 0 Å². The van der Waals surface area contributed by atoms with Crippen LogP contribution in [0.1, 0.15) is 23.5 Å². The highest BCUT2D eigenvalue weighted by Crippen LogP contribution is 2.33. The molecule has 0 saturated carbocycles. The Kier molecular flexibility index (Phi) is 5.27. The molecule has 3 rings (SSSR count). The number of amides is 1. The van der Waals surface area contributed by atoms with Gasteiger partial charge in [-0.25, -0.2) is 0 Å². The van der Waals surface area contributed by atoms with E-state index in [4.69, 9.17) is 9.47 Å². The van der Waals surface area contributed by atoms with Crippen LogP contribution in [-0.4, -0.2) is 25.7 Å². The van der Waals surface area contributed by atoms with Gasteiger partial charge in [0, 0.05) is 12.1 Å². The lowest BCUT2D eigenvalue weighted by molar-refractivity contribution is -0.123. The Morgan fingerprint density at radius 2 is 1.91 bits per heavy atom. The molecule has 4 heteroatoms. The predicted octanol–water partition coefficient (Wildman–Crippen LogP) is 2.89. The summed E-state index contributed by atoms with van der Waals surface area (Å²) in [6.45, 7) is 2.17. The lowest BCUT2D eigenvalue weighted by Gasteiger charge is -2.25. The first-order chi connectivity index (χ1) is 11.3. The molecule has 0 saturated heterocycles. The number of benzene rings is 2. The Bertz CT molecular complexity index is 642. The van der Waals surface area contributed by atoms with Crippen LogP contribution in [0.4, 0.5) is 0 Å². The maximum Gasteiger partial charge on any atom is 0.227 e. The minimum Gasteiger partial charge on any atom is -0.493 e. The number of carbonyl (C=O) groups excluding carboxylic acids is 1. The fourth-order valence-corrected chi connectivity index (χ4v) is 2.75. The third-order valence-electron chi connectivity index (χ3n) is 3.93. The van der Waals surface area contributed by atoms with E-state index < -0.39 is 0 Å². The second kappa shape index (κ2) is 7.79. The summed E-state index contributed by atoms with van der Waals surface area (Å²) in [5.41, 5.74) is 2.11. The van der Waals surface area contributed by atoms with Crippen molar-refractivity contribution in [3.8, 4) is 5.75 Å². The van der Waals surface area contributed by atoms with E-state index in [1.165, 1.54) is 0 Å². The number of ether oxygens (including phenoxy) is 2. The van der Waals surface area contributed by atoms with E-state index in [2.05, 4.69) is 5.32 Å². The highest BCUT2D eigenvalue weighted by atomic mass is 16.5. The van der Waals surface area contributed by atoms with E-state index in [-0.39, 0.29) is 11.8 Å². The van der Waals surface area contributed by atoms with Gasteiger partial charge in [0.05, 0.1) is 25.7 Å². The second-order valence-corrected chi connectivity index (χ2v) is 5.56. The van der Waals surface area contributed by atoms with Crippen LogP contribution < -0.4 is 10.1 Å². The van der Waals surface area contributed by atoms with Gasteiger partial charge < -0.3 is 14.8 Å². The lowest BCUT2D eigenvalue weighted by atomic mass is 9.92. The van der Waals surface area contributed by atoms with Crippen LogP contribution in [0.3, 0.4) is 0 Å². The van der Waals surface area contributed by atoms with Gasteiger partial charge in [-0.05, 0) is 18.1 Å². The van der Waals surface area contributed by atoms with Crippen LogP contribution in [0.2, 0.25) is 0 Å². The smallest absolute Gasteiger partial charge is 0.227 e. The number of nitrogens with one attached hydrogen (secondary N) is 1. The Balaban J connectivity index is 1.43. The SMILES string of the molecule is O=C(NCCOCc1ccccc1)[C@H]1CCOc2ccccc21. The van der Waals surface area contributed by atoms with Crippen molar-refractivity contribution in [2.75, 3.05) is 19.8 Å². The molecule has 23 heavy (non-hydrogen) atoms. The molecule has 0 aliphatic carbocycles. The van der Waals surface area contributed by atoms with Crippen molar-refractivity contribution in [1.29, 1.82) is 0 Å². The number of carbonyl (C=O) groups is 1. The Morgan fingerprint density at radius 1 is 1.13 bits per heavy atom. The third-order valence-corrected chi connectivity index (χ3v) is 3.93. The highest BCUT2D eigenvalue weighted by molar-refractivity contribution is 5.84. The molecule has 1 amide bonds. The summed E-state index contributed by atoms with van der Waals surface area (Å²) < 4.78 is 11.2. The molecule has 0 spiro atoms. The fourth-order valence-electron chi connectivity index (χ4n) is 2.75. The maximum absolute atomic E-state index is 12.4. The standard InChI is InChI=1S/C19H21NO3/c21-19(17-10-12-23-18-9-5-4-8-16(17)18)20-11-13-22-14-15-6-2-1-3-7-15/h1-9,17H,10-14H2,(H,20,21)/t17-/m0/s1. The second-order valence-electron chi connectivity index (χ2n) is 5.56. The highest BCUT2D eigenvalue weighted by Gasteiger charge is 2.26.